The molecule has 23 heavy (non-hydrogen) atoms. The van der Waals surface area contributed by atoms with E-state index in [-0.39, 0.29) is 11.4 Å². The molecule has 0 saturated carbocycles. The van der Waals surface area contributed by atoms with Gasteiger partial charge in [0.25, 0.3) is 5.91 Å². The molecule has 0 fully saturated rings. The standard InChI is InChI=1S/C16H14ClN3O2S/c1-7-5-8(2)19-16-12(7)13(18)14(23-16)15(22)20-10-6-9(17)3-4-11(10)21/h3-6,21H,18H2,1-2H3,(H,20,22). The lowest BCUT2D eigenvalue weighted by atomic mass is 10.1. The van der Waals surface area contributed by atoms with Gasteiger partial charge in [0.05, 0.1) is 11.4 Å². The highest BCUT2D eigenvalue weighted by Crippen LogP contribution is 2.36. The summed E-state index contributed by atoms with van der Waals surface area (Å²) in [5.41, 5.74) is 8.62. The monoisotopic (exact) mass is 347 g/mol. The minimum Gasteiger partial charge on any atom is -0.506 e. The number of benzene rings is 1. The van der Waals surface area contributed by atoms with Crippen molar-refractivity contribution in [2.45, 2.75) is 13.8 Å². The summed E-state index contributed by atoms with van der Waals surface area (Å²) in [6.45, 7) is 3.83. The second kappa shape index (κ2) is 5.72. The van der Waals surface area contributed by atoms with Crippen LogP contribution in [0.25, 0.3) is 10.2 Å². The molecule has 0 aliphatic rings. The molecule has 4 N–H and O–H groups in total. The number of anilines is 2. The largest absolute Gasteiger partial charge is 0.506 e. The van der Waals surface area contributed by atoms with Crippen LogP contribution in [0.15, 0.2) is 24.3 Å². The zero-order chi connectivity index (χ0) is 16.7. The van der Waals surface area contributed by atoms with Gasteiger partial charge in [0.1, 0.15) is 15.5 Å². The number of aromatic hydroxyl groups is 1. The maximum absolute atomic E-state index is 12.5. The molecule has 118 valence electrons. The summed E-state index contributed by atoms with van der Waals surface area (Å²) in [6.07, 6.45) is 0. The molecule has 2 aromatic heterocycles. The van der Waals surface area contributed by atoms with E-state index in [4.69, 9.17) is 17.3 Å². The summed E-state index contributed by atoms with van der Waals surface area (Å²) in [4.78, 5) is 18.0. The third-order valence-electron chi connectivity index (χ3n) is 3.44. The predicted molar refractivity (Wildman–Crippen MR) is 94.6 cm³/mol. The number of carbonyl (C=O) groups excluding carboxylic acids is 1. The van der Waals surface area contributed by atoms with Crippen molar-refractivity contribution in [3.8, 4) is 5.75 Å². The van der Waals surface area contributed by atoms with E-state index in [0.717, 1.165) is 21.5 Å². The number of halogens is 1. The van der Waals surface area contributed by atoms with Gasteiger partial charge in [-0.05, 0) is 43.7 Å². The highest BCUT2D eigenvalue weighted by Gasteiger charge is 2.20. The topological polar surface area (TPSA) is 88.2 Å². The Morgan fingerprint density at radius 3 is 2.83 bits per heavy atom. The number of fused-ring (bicyclic) bond motifs is 1. The summed E-state index contributed by atoms with van der Waals surface area (Å²) in [5, 5.41) is 13.6. The van der Waals surface area contributed by atoms with E-state index in [1.54, 1.807) is 0 Å². The normalized spacial score (nSPS) is 10.9. The van der Waals surface area contributed by atoms with Crippen molar-refractivity contribution in [3.63, 3.8) is 0 Å². The molecule has 3 rings (SSSR count). The van der Waals surface area contributed by atoms with Crippen LogP contribution in [0.5, 0.6) is 5.75 Å². The van der Waals surface area contributed by atoms with Gasteiger partial charge in [-0.3, -0.25) is 4.79 Å². The Hall–Kier alpha value is -2.31. The van der Waals surface area contributed by atoms with E-state index >= 15 is 0 Å². The molecule has 0 atom stereocenters. The summed E-state index contributed by atoms with van der Waals surface area (Å²) >= 11 is 7.11. The third kappa shape index (κ3) is 2.83. The number of phenols is 1. The highest BCUT2D eigenvalue weighted by atomic mass is 35.5. The molecule has 0 radical (unpaired) electrons. The van der Waals surface area contributed by atoms with Gasteiger partial charge in [-0.25, -0.2) is 4.98 Å². The first-order chi connectivity index (χ1) is 10.9. The van der Waals surface area contributed by atoms with Crippen LogP contribution in [0.3, 0.4) is 0 Å². The number of pyridine rings is 1. The van der Waals surface area contributed by atoms with Crippen molar-refractivity contribution >= 4 is 50.4 Å². The number of aryl methyl sites for hydroxylation is 2. The minimum absolute atomic E-state index is 0.0624. The average molecular weight is 348 g/mol. The van der Waals surface area contributed by atoms with Gasteiger partial charge in [0.15, 0.2) is 0 Å². The number of hydrogen-bond donors (Lipinski definition) is 3. The number of aromatic nitrogens is 1. The van der Waals surface area contributed by atoms with Crippen molar-refractivity contribution in [1.29, 1.82) is 0 Å². The maximum atomic E-state index is 12.5. The van der Waals surface area contributed by atoms with E-state index in [9.17, 15) is 9.90 Å². The molecule has 3 aromatic rings. The number of carbonyl (C=O) groups is 1. The fraction of sp³-hybridized carbons (Fsp3) is 0.125. The van der Waals surface area contributed by atoms with Crippen LogP contribution in [0.4, 0.5) is 11.4 Å². The van der Waals surface area contributed by atoms with Crippen LogP contribution in [-0.4, -0.2) is 16.0 Å². The Bertz CT molecular complexity index is 937. The molecule has 0 aliphatic carbocycles. The number of rotatable bonds is 2. The second-order valence-corrected chi connectivity index (χ2v) is 6.66. The smallest absolute Gasteiger partial charge is 0.268 e. The fourth-order valence-corrected chi connectivity index (χ4v) is 3.71. The van der Waals surface area contributed by atoms with Crippen LogP contribution in [-0.2, 0) is 0 Å². The Kier molecular flexibility index (Phi) is 3.87. The van der Waals surface area contributed by atoms with Crippen LogP contribution in [0.2, 0.25) is 5.02 Å². The van der Waals surface area contributed by atoms with E-state index in [1.807, 2.05) is 19.9 Å². The van der Waals surface area contributed by atoms with Crippen LogP contribution < -0.4 is 11.1 Å². The van der Waals surface area contributed by atoms with E-state index < -0.39 is 5.91 Å². The zero-order valence-corrected chi connectivity index (χ0v) is 14.0. The molecule has 1 amide bonds. The van der Waals surface area contributed by atoms with Gasteiger partial charge in [-0.1, -0.05) is 11.6 Å². The number of nitrogens with zero attached hydrogens (tertiary/aromatic N) is 1. The SMILES string of the molecule is Cc1cc(C)c2c(N)c(C(=O)Nc3cc(Cl)ccc3O)sc2n1. The van der Waals surface area contributed by atoms with E-state index in [0.29, 0.717) is 15.6 Å². The number of phenolic OH excluding ortho intramolecular Hbond substituents is 1. The molecule has 0 saturated heterocycles. The Morgan fingerprint density at radius 1 is 1.35 bits per heavy atom. The van der Waals surface area contributed by atoms with Gasteiger partial charge in [-0.15, -0.1) is 11.3 Å². The van der Waals surface area contributed by atoms with Gasteiger partial charge >= 0.3 is 0 Å². The van der Waals surface area contributed by atoms with Crippen molar-refractivity contribution in [2.24, 2.45) is 0 Å². The third-order valence-corrected chi connectivity index (χ3v) is 4.77. The molecule has 0 unspecified atom stereocenters. The molecule has 5 nitrogen and oxygen atoms in total. The number of nitrogens with two attached hydrogens (primary N) is 1. The fourth-order valence-electron chi connectivity index (χ4n) is 2.43. The molecule has 0 bridgehead atoms. The predicted octanol–water partition coefficient (Wildman–Crippen LogP) is 4.11. The van der Waals surface area contributed by atoms with E-state index in [1.165, 1.54) is 29.5 Å². The number of nitrogens with one attached hydrogen (secondary N) is 1. The summed E-state index contributed by atoms with van der Waals surface area (Å²) in [7, 11) is 0. The number of hydrogen-bond acceptors (Lipinski definition) is 5. The molecule has 0 spiro atoms. The molecule has 0 aliphatic heterocycles. The van der Waals surface area contributed by atoms with Crippen LogP contribution in [0, 0.1) is 13.8 Å². The van der Waals surface area contributed by atoms with Gasteiger partial charge in [0.2, 0.25) is 0 Å². The highest BCUT2D eigenvalue weighted by molar-refractivity contribution is 7.21. The second-order valence-electron chi connectivity index (χ2n) is 5.22. The van der Waals surface area contributed by atoms with Gasteiger partial charge < -0.3 is 16.2 Å². The number of amides is 1. The summed E-state index contributed by atoms with van der Waals surface area (Å²) in [6, 6.07) is 6.36. The quantitative estimate of drug-likeness (QED) is 0.609. The van der Waals surface area contributed by atoms with Crippen LogP contribution in [0.1, 0.15) is 20.9 Å². The molecular formula is C16H14ClN3O2S. The van der Waals surface area contributed by atoms with Crippen molar-refractivity contribution in [1.82, 2.24) is 4.98 Å². The first-order valence-corrected chi connectivity index (χ1v) is 8.02. The maximum Gasteiger partial charge on any atom is 0.268 e. The summed E-state index contributed by atoms with van der Waals surface area (Å²) in [5.74, 6) is -0.465. The van der Waals surface area contributed by atoms with Crippen molar-refractivity contribution < 1.29 is 9.90 Å². The van der Waals surface area contributed by atoms with E-state index in [2.05, 4.69) is 10.3 Å². The first-order valence-electron chi connectivity index (χ1n) is 6.83. The number of thiophene rings is 1. The summed E-state index contributed by atoms with van der Waals surface area (Å²) < 4.78 is 0. The molecule has 7 heteroatoms. The van der Waals surface area contributed by atoms with Crippen molar-refractivity contribution in [2.75, 3.05) is 11.1 Å². The van der Waals surface area contributed by atoms with Crippen molar-refractivity contribution in [3.05, 3.63) is 45.4 Å². The lowest BCUT2D eigenvalue weighted by molar-refractivity contribution is 0.103. The zero-order valence-electron chi connectivity index (χ0n) is 12.5. The lowest BCUT2D eigenvalue weighted by Crippen LogP contribution is -2.12. The minimum atomic E-state index is -0.403. The Balaban J connectivity index is 2.03. The average Bonchev–Trinajstić information content (AvgIpc) is 2.80. The van der Waals surface area contributed by atoms with Crippen LogP contribution >= 0.6 is 22.9 Å². The molecule has 1 aromatic carbocycles. The Labute approximate surface area is 141 Å². The van der Waals surface area contributed by atoms with Gasteiger partial charge in [-0.2, -0.15) is 0 Å². The lowest BCUT2D eigenvalue weighted by Gasteiger charge is -2.07. The molecular weight excluding hydrogens is 334 g/mol. The first kappa shape index (κ1) is 15.6. The van der Waals surface area contributed by atoms with Gasteiger partial charge in [0, 0.05) is 16.1 Å². The molecule has 2 heterocycles. The number of nitrogen functional groups attached to an aromatic ring is 1. The Morgan fingerprint density at radius 2 is 2.09 bits per heavy atom.